The predicted molar refractivity (Wildman–Crippen MR) is 125 cm³/mol. The summed E-state index contributed by atoms with van der Waals surface area (Å²) >= 11 is 0. The summed E-state index contributed by atoms with van der Waals surface area (Å²) in [5, 5.41) is -0.0821. The van der Waals surface area contributed by atoms with Crippen molar-refractivity contribution < 1.29 is 26.3 Å². The van der Waals surface area contributed by atoms with Crippen LogP contribution in [0.5, 0.6) is 0 Å². The minimum Gasteiger partial charge on any atom is -0.207 e. The van der Waals surface area contributed by atoms with E-state index in [1.165, 1.54) is 18.2 Å². The second kappa shape index (κ2) is 10.6. The maximum absolute atomic E-state index is 14.9. The van der Waals surface area contributed by atoms with Gasteiger partial charge >= 0.3 is 0 Å². The van der Waals surface area contributed by atoms with Gasteiger partial charge in [-0.2, -0.15) is 0 Å². The molecule has 1 saturated carbocycles. The highest BCUT2D eigenvalue weighted by molar-refractivity contribution is 5.84. The fourth-order valence-corrected chi connectivity index (χ4v) is 4.83. The van der Waals surface area contributed by atoms with Crippen LogP contribution in [0, 0.1) is 52.7 Å². The lowest BCUT2D eigenvalue weighted by atomic mass is 9.76. The zero-order valence-corrected chi connectivity index (χ0v) is 19.2. The molecule has 0 unspecified atom stereocenters. The molecule has 0 saturated heterocycles. The molecule has 0 atom stereocenters. The molecule has 0 heterocycles. The molecule has 1 fully saturated rings. The van der Waals surface area contributed by atoms with Crippen LogP contribution < -0.4 is 0 Å². The van der Waals surface area contributed by atoms with Gasteiger partial charge in [-0.1, -0.05) is 30.1 Å². The summed E-state index contributed by atoms with van der Waals surface area (Å²) < 4.78 is 85.4. The third kappa shape index (κ3) is 5.24. The SMILES string of the molecule is C/C=C/CCC1CCC(c2c(F)cc(C#Cc3ccc4c(F)c(F)c(F)cc4c3)c(F)c2F)CC1. The monoisotopic (exact) mass is 486 g/mol. The van der Waals surface area contributed by atoms with Crippen LogP contribution in [0.2, 0.25) is 0 Å². The van der Waals surface area contributed by atoms with Gasteiger partial charge in [0, 0.05) is 16.5 Å². The van der Waals surface area contributed by atoms with Crippen LogP contribution in [0.25, 0.3) is 10.8 Å². The summed E-state index contributed by atoms with van der Waals surface area (Å²) in [6, 6.07) is 5.56. The minimum absolute atomic E-state index is 0.0581. The van der Waals surface area contributed by atoms with E-state index in [2.05, 4.69) is 17.9 Å². The van der Waals surface area contributed by atoms with Crippen LogP contribution in [-0.4, -0.2) is 0 Å². The first-order valence-electron chi connectivity index (χ1n) is 11.7. The molecule has 35 heavy (non-hydrogen) atoms. The lowest BCUT2D eigenvalue weighted by Crippen LogP contribution is -2.16. The molecule has 3 aromatic rings. The molecular formula is C29H24F6. The van der Waals surface area contributed by atoms with Crippen molar-refractivity contribution in [1.82, 2.24) is 0 Å². The molecule has 0 bridgehead atoms. The fourth-order valence-electron chi connectivity index (χ4n) is 4.83. The largest absolute Gasteiger partial charge is 0.207 e. The lowest BCUT2D eigenvalue weighted by molar-refractivity contribution is 0.301. The van der Waals surface area contributed by atoms with E-state index in [-0.39, 0.29) is 27.8 Å². The highest BCUT2D eigenvalue weighted by Crippen LogP contribution is 2.40. The van der Waals surface area contributed by atoms with E-state index in [4.69, 9.17) is 0 Å². The molecule has 1 aliphatic carbocycles. The molecule has 0 radical (unpaired) electrons. The molecule has 0 aromatic heterocycles. The van der Waals surface area contributed by atoms with Gasteiger partial charge in [-0.3, -0.25) is 0 Å². The third-order valence-corrected chi connectivity index (χ3v) is 6.74. The molecule has 182 valence electrons. The van der Waals surface area contributed by atoms with Crippen molar-refractivity contribution >= 4 is 10.8 Å². The predicted octanol–water partition coefficient (Wildman–Crippen LogP) is 8.70. The van der Waals surface area contributed by atoms with E-state index in [1.54, 1.807) is 0 Å². The molecule has 4 rings (SSSR count). The van der Waals surface area contributed by atoms with Gasteiger partial charge in [0.25, 0.3) is 0 Å². The number of allylic oxidation sites excluding steroid dienone is 2. The van der Waals surface area contributed by atoms with Gasteiger partial charge in [0.05, 0.1) is 5.56 Å². The van der Waals surface area contributed by atoms with Crippen molar-refractivity contribution in [2.24, 2.45) is 5.92 Å². The first-order chi connectivity index (χ1) is 16.8. The van der Waals surface area contributed by atoms with Gasteiger partial charge in [-0.25, -0.2) is 26.3 Å². The van der Waals surface area contributed by atoms with Crippen LogP contribution in [0.3, 0.4) is 0 Å². The van der Waals surface area contributed by atoms with Crippen LogP contribution in [0.15, 0.2) is 42.5 Å². The number of benzene rings is 3. The Balaban J connectivity index is 1.56. The number of rotatable bonds is 4. The smallest absolute Gasteiger partial charge is 0.195 e. The van der Waals surface area contributed by atoms with Crippen LogP contribution in [0.1, 0.15) is 68.1 Å². The molecule has 0 amide bonds. The number of halogens is 6. The van der Waals surface area contributed by atoms with E-state index in [1.807, 2.05) is 13.0 Å². The average Bonchev–Trinajstić information content (AvgIpc) is 2.85. The normalized spacial score (nSPS) is 18.1. The van der Waals surface area contributed by atoms with Crippen molar-refractivity contribution in [3.8, 4) is 11.8 Å². The Morgan fingerprint density at radius 1 is 0.800 bits per heavy atom. The van der Waals surface area contributed by atoms with E-state index in [0.717, 1.165) is 37.8 Å². The average molecular weight is 486 g/mol. The van der Waals surface area contributed by atoms with Crippen LogP contribution >= 0.6 is 0 Å². The first kappa shape index (κ1) is 24.9. The van der Waals surface area contributed by atoms with Crippen molar-refractivity contribution in [3.63, 3.8) is 0 Å². The number of fused-ring (bicyclic) bond motifs is 1. The van der Waals surface area contributed by atoms with Crippen molar-refractivity contribution in [2.75, 3.05) is 0 Å². The summed E-state index contributed by atoms with van der Waals surface area (Å²) in [6.45, 7) is 1.97. The van der Waals surface area contributed by atoms with Gasteiger partial charge in [0.15, 0.2) is 29.1 Å². The van der Waals surface area contributed by atoms with E-state index in [9.17, 15) is 26.3 Å². The highest BCUT2D eigenvalue weighted by atomic mass is 19.2. The summed E-state index contributed by atoms with van der Waals surface area (Å²) in [5.74, 6) is -2.42. The van der Waals surface area contributed by atoms with Crippen LogP contribution in [-0.2, 0) is 0 Å². The van der Waals surface area contributed by atoms with E-state index < -0.39 is 40.5 Å². The molecule has 0 spiro atoms. The maximum atomic E-state index is 14.9. The van der Waals surface area contributed by atoms with E-state index >= 15 is 0 Å². The first-order valence-corrected chi connectivity index (χ1v) is 11.7. The van der Waals surface area contributed by atoms with Crippen molar-refractivity contribution in [3.05, 3.63) is 94.1 Å². The van der Waals surface area contributed by atoms with Crippen LogP contribution in [0.4, 0.5) is 26.3 Å². The van der Waals surface area contributed by atoms with Gasteiger partial charge in [-0.05, 0) is 86.9 Å². The standard InChI is InChI=1S/C29H24F6/c1-2-3-4-5-17-6-10-19(11-7-17)25-23(30)15-20(26(32)29(25)35)12-8-18-9-13-22-21(14-18)16-24(31)28(34)27(22)33/h2-3,9,13-17,19H,4-7,10-11H2,1H3/b3-2+. The quantitative estimate of drug-likeness (QED) is 0.114. The zero-order chi connectivity index (χ0) is 25.1. The molecule has 0 aliphatic heterocycles. The Morgan fingerprint density at radius 3 is 2.26 bits per heavy atom. The molecular weight excluding hydrogens is 462 g/mol. The van der Waals surface area contributed by atoms with Gasteiger partial charge in [0.1, 0.15) is 5.82 Å². The molecule has 0 N–H and O–H groups in total. The lowest BCUT2D eigenvalue weighted by Gasteiger charge is -2.29. The molecule has 6 heteroatoms. The summed E-state index contributed by atoms with van der Waals surface area (Å²) in [4.78, 5) is 0. The second-order valence-corrected chi connectivity index (χ2v) is 8.98. The van der Waals surface area contributed by atoms with E-state index in [0.29, 0.717) is 18.8 Å². The van der Waals surface area contributed by atoms with Gasteiger partial charge in [0.2, 0.25) is 0 Å². The number of hydrogen-bond donors (Lipinski definition) is 0. The third-order valence-electron chi connectivity index (χ3n) is 6.74. The van der Waals surface area contributed by atoms with Crippen molar-refractivity contribution in [2.45, 2.75) is 51.4 Å². The maximum Gasteiger partial charge on any atom is 0.195 e. The number of hydrogen-bond acceptors (Lipinski definition) is 0. The Labute approximate surface area is 200 Å². The highest BCUT2D eigenvalue weighted by Gasteiger charge is 2.29. The topological polar surface area (TPSA) is 0 Å². The molecule has 0 nitrogen and oxygen atoms in total. The van der Waals surface area contributed by atoms with Crippen molar-refractivity contribution in [1.29, 1.82) is 0 Å². The fraction of sp³-hybridized carbons (Fsp3) is 0.310. The van der Waals surface area contributed by atoms with Gasteiger partial charge < -0.3 is 0 Å². The Morgan fingerprint density at radius 2 is 1.54 bits per heavy atom. The molecule has 1 aliphatic rings. The second-order valence-electron chi connectivity index (χ2n) is 8.98. The minimum atomic E-state index is -1.58. The zero-order valence-electron chi connectivity index (χ0n) is 19.2. The Bertz CT molecular complexity index is 1340. The summed E-state index contributed by atoms with van der Waals surface area (Å²) in [6.07, 6.45) is 9.02. The summed E-state index contributed by atoms with van der Waals surface area (Å²) in [7, 11) is 0. The Hall–Kier alpha value is -3.20. The Kier molecular flexibility index (Phi) is 7.54. The van der Waals surface area contributed by atoms with Gasteiger partial charge in [-0.15, -0.1) is 0 Å². The molecule has 3 aromatic carbocycles. The summed E-state index contributed by atoms with van der Waals surface area (Å²) in [5.41, 5.74) is -0.442.